The van der Waals surface area contributed by atoms with Gasteiger partial charge in [-0.3, -0.25) is 9.36 Å². The summed E-state index contributed by atoms with van der Waals surface area (Å²) in [7, 11) is 0. The molecule has 2 rings (SSSR count). The Morgan fingerprint density at radius 1 is 1.22 bits per heavy atom. The van der Waals surface area contributed by atoms with Gasteiger partial charge in [0.05, 0.1) is 5.69 Å². The van der Waals surface area contributed by atoms with Crippen LogP contribution in [-0.4, -0.2) is 21.1 Å². The Hall–Kier alpha value is -1.91. The Balaban J connectivity index is 2.79. The molecule has 0 bridgehead atoms. The number of hydrogen-bond donors (Lipinski definition) is 1. The van der Waals surface area contributed by atoms with Crippen molar-refractivity contribution in [2.45, 2.75) is 33.7 Å². The number of nitrogens with one attached hydrogen (secondary N) is 1. The quantitative estimate of drug-likeness (QED) is 0.893. The monoisotopic (exact) mass is 246 g/mol. The van der Waals surface area contributed by atoms with Gasteiger partial charge >= 0.3 is 0 Å². The molecule has 0 saturated heterocycles. The predicted octanol–water partition coefficient (Wildman–Crippen LogP) is 1.81. The van der Waals surface area contributed by atoms with Crippen molar-refractivity contribution in [2.24, 2.45) is 0 Å². The van der Waals surface area contributed by atoms with Crippen molar-refractivity contribution in [1.29, 1.82) is 0 Å². The van der Waals surface area contributed by atoms with Crippen LogP contribution in [0.15, 0.2) is 16.9 Å². The molecule has 0 aliphatic heterocycles. The lowest BCUT2D eigenvalue weighted by molar-refractivity contribution is 0.747. The fourth-order valence-corrected chi connectivity index (χ4v) is 2.04. The highest BCUT2D eigenvalue weighted by Gasteiger charge is 2.09. The van der Waals surface area contributed by atoms with Gasteiger partial charge in [-0.1, -0.05) is 6.92 Å². The van der Waals surface area contributed by atoms with Crippen LogP contribution in [0.5, 0.6) is 0 Å². The van der Waals surface area contributed by atoms with E-state index in [1.165, 1.54) is 0 Å². The highest BCUT2D eigenvalue weighted by atomic mass is 16.1. The van der Waals surface area contributed by atoms with Crippen LogP contribution in [0.25, 0.3) is 11.0 Å². The maximum Gasteiger partial charge on any atom is 0.252 e. The van der Waals surface area contributed by atoms with Gasteiger partial charge in [-0.25, -0.2) is 4.98 Å². The van der Waals surface area contributed by atoms with Crippen molar-refractivity contribution in [3.63, 3.8) is 0 Å². The van der Waals surface area contributed by atoms with Crippen LogP contribution in [0.2, 0.25) is 0 Å². The van der Waals surface area contributed by atoms with Crippen LogP contribution in [0, 0.1) is 0 Å². The largest absolute Gasteiger partial charge is 0.354 e. The van der Waals surface area contributed by atoms with Crippen LogP contribution in [0.4, 0.5) is 5.95 Å². The average Bonchev–Trinajstić information content (AvgIpc) is 2.38. The van der Waals surface area contributed by atoms with Crippen LogP contribution < -0.4 is 10.9 Å². The molecule has 0 spiro atoms. The van der Waals surface area contributed by atoms with E-state index in [1.807, 2.05) is 19.9 Å². The minimum absolute atomic E-state index is 0.0202. The number of aromatic nitrogens is 3. The zero-order valence-electron chi connectivity index (χ0n) is 11.0. The molecule has 0 aliphatic carbocycles. The topological polar surface area (TPSA) is 59.8 Å². The number of anilines is 1. The first-order valence-electron chi connectivity index (χ1n) is 6.35. The van der Waals surface area contributed by atoms with Gasteiger partial charge < -0.3 is 5.32 Å². The second-order valence-electron chi connectivity index (χ2n) is 4.03. The van der Waals surface area contributed by atoms with Gasteiger partial charge in [0.25, 0.3) is 5.56 Å². The highest BCUT2D eigenvalue weighted by molar-refractivity contribution is 5.78. The maximum absolute atomic E-state index is 11.8. The van der Waals surface area contributed by atoms with E-state index < -0.39 is 0 Å². The molecule has 0 saturated carbocycles. The lowest BCUT2D eigenvalue weighted by Crippen LogP contribution is -2.20. The molecule has 5 nitrogen and oxygen atoms in total. The predicted molar refractivity (Wildman–Crippen MR) is 73.0 cm³/mol. The third-order valence-electron chi connectivity index (χ3n) is 2.90. The van der Waals surface area contributed by atoms with E-state index in [-0.39, 0.29) is 5.56 Å². The highest BCUT2D eigenvalue weighted by Crippen LogP contribution is 2.16. The Morgan fingerprint density at radius 3 is 2.61 bits per heavy atom. The molecule has 1 N–H and O–H groups in total. The molecule has 18 heavy (non-hydrogen) atoms. The summed E-state index contributed by atoms with van der Waals surface area (Å²) in [5.41, 5.74) is 1.67. The summed E-state index contributed by atoms with van der Waals surface area (Å²) in [5.74, 6) is 0.592. The summed E-state index contributed by atoms with van der Waals surface area (Å²) in [6, 6.07) is 3.40. The summed E-state index contributed by atoms with van der Waals surface area (Å²) in [6.07, 6.45) is 0.819. The minimum Gasteiger partial charge on any atom is -0.354 e. The first-order chi connectivity index (χ1) is 8.71. The molecule has 0 atom stereocenters. The molecule has 0 amide bonds. The Bertz CT molecular complexity index is 618. The summed E-state index contributed by atoms with van der Waals surface area (Å²) in [4.78, 5) is 20.7. The molecular formula is C13H18N4O. The van der Waals surface area contributed by atoms with Crippen molar-refractivity contribution in [2.75, 3.05) is 11.9 Å². The van der Waals surface area contributed by atoms with Crippen LogP contribution in [0.1, 0.15) is 26.5 Å². The van der Waals surface area contributed by atoms with Gasteiger partial charge in [-0.05, 0) is 26.3 Å². The van der Waals surface area contributed by atoms with E-state index in [0.29, 0.717) is 18.1 Å². The standard InChI is InChI=1S/C13H18N4O/c1-4-10-9-7-8-11(18)17(6-3)12(9)16-13(15-10)14-5-2/h7-8H,4-6H2,1-3H3,(H,14,15,16). The smallest absolute Gasteiger partial charge is 0.252 e. The number of fused-ring (bicyclic) bond motifs is 1. The first-order valence-corrected chi connectivity index (χ1v) is 6.35. The molecule has 5 heteroatoms. The lowest BCUT2D eigenvalue weighted by atomic mass is 10.2. The van der Waals surface area contributed by atoms with Crippen molar-refractivity contribution in [3.05, 3.63) is 28.2 Å². The van der Waals surface area contributed by atoms with Crippen molar-refractivity contribution < 1.29 is 0 Å². The minimum atomic E-state index is -0.0202. The molecule has 0 fully saturated rings. The van der Waals surface area contributed by atoms with Crippen molar-refractivity contribution in [1.82, 2.24) is 14.5 Å². The molecule has 0 unspecified atom stereocenters. The van der Waals surface area contributed by atoms with Gasteiger partial charge in [0.15, 0.2) is 0 Å². The average molecular weight is 246 g/mol. The third-order valence-corrected chi connectivity index (χ3v) is 2.90. The van der Waals surface area contributed by atoms with E-state index in [0.717, 1.165) is 24.0 Å². The summed E-state index contributed by atoms with van der Waals surface area (Å²) in [5, 5.41) is 4.07. The van der Waals surface area contributed by atoms with Gasteiger partial charge in [-0.2, -0.15) is 4.98 Å². The van der Waals surface area contributed by atoms with Gasteiger partial charge in [-0.15, -0.1) is 0 Å². The van der Waals surface area contributed by atoms with Gasteiger partial charge in [0.2, 0.25) is 5.95 Å². The SMILES string of the molecule is CCNc1nc(CC)c2ccc(=O)n(CC)c2n1. The molecule has 2 heterocycles. The summed E-state index contributed by atoms with van der Waals surface area (Å²) < 4.78 is 1.68. The fraction of sp³-hybridized carbons (Fsp3) is 0.462. The van der Waals surface area contributed by atoms with Crippen LogP contribution in [0.3, 0.4) is 0 Å². The second kappa shape index (κ2) is 5.16. The molecule has 0 aliphatic rings. The van der Waals surface area contributed by atoms with E-state index in [1.54, 1.807) is 10.6 Å². The lowest BCUT2D eigenvalue weighted by Gasteiger charge is -2.11. The van der Waals surface area contributed by atoms with E-state index in [2.05, 4.69) is 22.2 Å². The van der Waals surface area contributed by atoms with Gasteiger partial charge in [0.1, 0.15) is 5.65 Å². The number of pyridine rings is 1. The van der Waals surface area contributed by atoms with E-state index in [4.69, 9.17) is 0 Å². The third kappa shape index (κ3) is 2.08. The van der Waals surface area contributed by atoms with E-state index in [9.17, 15) is 4.79 Å². The molecule has 0 radical (unpaired) electrons. The summed E-state index contributed by atoms with van der Waals surface area (Å²) in [6.45, 7) is 7.37. The molecule has 2 aromatic heterocycles. The van der Waals surface area contributed by atoms with Crippen LogP contribution in [-0.2, 0) is 13.0 Å². The summed E-state index contributed by atoms with van der Waals surface area (Å²) >= 11 is 0. The fourth-order valence-electron chi connectivity index (χ4n) is 2.04. The normalized spacial score (nSPS) is 10.8. The van der Waals surface area contributed by atoms with Crippen LogP contribution >= 0.6 is 0 Å². The maximum atomic E-state index is 11.8. The zero-order chi connectivity index (χ0) is 13.1. The number of aryl methyl sites for hydroxylation is 2. The second-order valence-corrected chi connectivity index (χ2v) is 4.03. The van der Waals surface area contributed by atoms with Crippen molar-refractivity contribution in [3.8, 4) is 0 Å². The zero-order valence-corrected chi connectivity index (χ0v) is 11.0. The Labute approximate surface area is 106 Å². The number of nitrogens with zero attached hydrogens (tertiary/aromatic N) is 3. The Kier molecular flexibility index (Phi) is 3.60. The number of hydrogen-bond acceptors (Lipinski definition) is 4. The molecule has 0 aromatic carbocycles. The van der Waals surface area contributed by atoms with Gasteiger partial charge in [0, 0.05) is 24.5 Å². The first kappa shape index (κ1) is 12.5. The van der Waals surface area contributed by atoms with Crippen molar-refractivity contribution >= 4 is 17.0 Å². The van der Waals surface area contributed by atoms with E-state index >= 15 is 0 Å². The molecule has 96 valence electrons. The molecule has 2 aromatic rings. The Morgan fingerprint density at radius 2 is 2.00 bits per heavy atom. The number of rotatable bonds is 4. The molecular weight excluding hydrogens is 228 g/mol.